The highest BCUT2D eigenvalue weighted by molar-refractivity contribution is 5.91. The second-order valence-corrected chi connectivity index (χ2v) is 6.63. The van der Waals surface area contributed by atoms with Crippen LogP contribution in [0.15, 0.2) is 36.5 Å². The van der Waals surface area contributed by atoms with E-state index < -0.39 is 0 Å². The summed E-state index contributed by atoms with van der Waals surface area (Å²) >= 11 is 0. The van der Waals surface area contributed by atoms with Gasteiger partial charge in [0.25, 0.3) is 0 Å². The van der Waals surface area contributed by atoms with Crippen molar-refractivity contribution in [1.82, 2.24) is 10.3 Å². The highest BCUT2D eigenvalue weighted by Gasteiger charge is 2.13. The summed E-state index contributed by atoms with van der Waals surface area (Å²) < 4.78 is 21.4. The van der Waals surface area contributed by atoms with Crippen LogP contribution in [0.1, 0.15) is 11.1 Å². The Kier molecular flexibility index (Phi) is 7.51. The van der Waals surface area contributed by atoms with Gasteiger partial charge in [0.2, 0.25) is 11.7 Å². The quantitative estimate of drug-likeness (QED) is 0.665. The third kappa shape index (κ3) is 5.42. The van der Waals surface area contributed by atoms with Gasteiger partial charge in [-0.15, -0.1) is 0 Å². The molecule has 30 heavy (non-hydrogen) atoms. The number of rotatable bonds is 8. The summed E-state index contributed by atoms with van der Waals surface area (Å²) in [5.41, 5.74) is 1.75. The second kappa shape index (κ2) is 10.5. The smallest absolute Gasteiger partial charge is 0.244 e. The number of amides is 1. The maximum Gasteiger partial charge on any atom is 0.244 e. The highest BCUT2D eigenvalue weighted by atomic mass is 16.5. The molecule has 0 bridgehead atoms. The summed E-state index contributed by atoms with van der Waals surface area (Å²) in [6.07, 6.45) is 4.94. The van der Waals surface area contributed by atoms with E-state index in [1.54, 1.807) is 45.7 Å². The van der Waals surface area contributed by atoms with Crippen molar-refractivity contribution in [2.45, 2.75) is 6.54 Å². The molecule has 1 aromatic heterocycles. The van der Waals surface area contributed by atoms with Crippen molar-refractivity contribution in [2.75, 3.05) is 52.5 Å². The van der Waals surface area contributed by atoms with Crippen LogP contribution in [0.2, 0.25) is 0 Å². The van der Waals surface area contributed by atoms with Crippen LogP contribution in [0.25, 0.3) is 6.08 Å². The normalized spacial score (nSPS) is 13.9. The molecule has 2 aromatic rings. The van der Waals surface area contributed by atoms with Crippen LogP contribution in [0, 0.1) is 0 Å². The summed E-state index contributed by atoms with van der Waals surface area (Å²) in [7, 11) is 4.65. The van der Waals surface area contributed by atoms with Crippen molar-refractivity contribution in [3.63, 3.8) is 0 Å². The van der Waals surface area contributed by atoms with Crippen molar-refractivity contribution in [3.05, 3.63) is 47.7 Å². The Labute approximate surface area is 176 Å². The molecule has 8 heteroatoms. The van der Waals surface area contributed by atoms with Gasteiger partial charge in [-0.25, -0.2) is 4.98 Å². The Bertz CT molecular complexity index is 869. The maximum atomic E-state index is 12.3. The first-order valence-electron chi connectivity index (χ1n) is 9.68. The van der Waals surface area contributed by atoms with Crippen LogP contribution in [0.3, 0.4) is 0 Å². The van der Waals surface area contributed by atoms with E-state index >= 15 is 0 Å². The minimum atomic E-state index is -0.200. The predicted molar refractivity (Wildman–Crippen MR) is 114 cm³/mol. The van der Waals surface area contributed by atoms with E-state index in [9.17, 15) is 4.79 Å². The van der Waals surface area contributed by atoms with Crippen molar-refractivity contribution < 1.29 is 23.7 Å². The zero-order valence-electron chi connectivity index (χ0n) is 17.5. The molecule has 8 nitrogen and oxygen atoms in total. The lowest BCUT2D eigenvalue weighted by molar-refractivity contribution is -0.116. The number of nitrogens with one attached hydrogen (secondary N) is 1. The van der Waals surface area contributed by atoms with E-state index in [2.05, 4.69) is 15.2 Å². The number of pyridine rings is 1. The molecule has 1 saturated heterocycles. The van der Waals surface area contributed by atoms with Gasteiger partial charge in [0, 0.05) is 31.9 Å². The topological polar surface area (TPSA) is 82.2 Å². The fourth-order valence-electron chi connectivity index (χ4n) is 3.15. The van der Waals surface area contributed by atoms with Gasteiger partial charge in [-0.3, -0.25) is 4.79 Å². The number of anilines is 1. The van der Waals surface area contributed by atoms with E-state index in [1.165, 1.54) is 6.08 Å². The molecule has 1 aliphatic rings. The second-order valence-electron chi connectivity index (χ2n) is 6.63. The molecular weight excluding hydrogens is 386 g/mol. The third-order valence-electron chi connectivity index (χ3n) is 4.73. The Balaban J connectivity index is 1.61. The van der Waals surface area contributed by atoms with Gasteiger partial charge in [0.1, 0.15) is 5.82 Å². The molecular formula is C22H27N3O5. The van der Waals surface area contributed by atoms with E-state index in [-0.39, 0.29) is 5.91 Å². The number of carbonyl (C=O) groups excluding carboxylic acids is 1. The van der Waals surface area contributed by atoms with Gasteiger partial charge >= 0.3 is 0 Å². The number of ether oxygens (including phenoxy) is 4. The zero-order valence-corrected chi connectivity index (χ0v) is 17.5. The predicted octanol–water partition coefficient (Wildman–Crippen LogP) is 2.27. The number of methoxy groups -OCH3 is 3. The molecule has 0 spiro atoms. The molecule has 1 fully saturated rings. The lowest BCUT2D eigenvalue weighted by atomic mass is 10.1. The number of benzene rings is 1. The van der Waals surface area contributed by atoms with E-state index in [0.717, 1.165) is 30.0 Å². The van der Waals surface area contributed by atoms with Crippen LogP contribution in [0.5, 0.6) is 17.2 Å². The van der Waals surface area contributed by atoms with Crippen LogP contribution >= 0.6 is 0 Å². The van der Waals surface area contributed by atoms with Crippen molar-refractivity contribution in [2.24, 2.45) is 0 Å². The van der Waals surface area contributed by atoms with Crippen molar-refractivity contribution in [3.8, 4) is 17.2 Å². The number of aromatic nitrogens is 1. The molecule has 160 valence electrons. The van der Waals surface area contributed by atoms with Crippen molar-refractivity contribution in [1.29, 1.82) is 0 Å². The summed E-state index contributed by atoms with van der Waals surface area (Å²) in [6, 6.07) is 7.45. The Morgan fingerprint density at radius 3 is 2.47 bits per heavy atom. The monoisotopic (exact) mass is 413 g/mol. The van der Waals surface area contributed by atoms with E-state index in [0.29, 0.717) is 37.0 Å². The zero-order chi connectivity index (χ0) is 21.3. The fourth-order valence-corrected chi connectivity index (χ4v) is 3.15. The Morgan fingerprint density at radius 2 is 1.83 bits per heavy atom. The molecule has 0 radical (unpaired) electrons. The molecule has 3 rings (SSSR count). The number of carbonyl (C=O) groups is 1. The molecule has 0 saturated carbocycles. The van der Waals surface area contributed by atoms with Crippen LogP contribution in [-0.2, 0) is 16.1 Å². The molecule has 0 aliphatic carbocycles. The summed E-state index contributed by atoms with van der Waals surface area (Å²) in [4.78, 5) is 18.9. The lowest BCUT2D eigenvalue weighted by Crippen LogP contribution is -2.36. The first-order valence-corrected chi connectivity index (χ1v) is 9.68. The van der Waals surface area contributed by atoms with Crippen LogP contribution < -0.4 is 24.4 Å². The van der Waals surface area contributed by atoms with Gasteiger partial charge in [0.15, 0.2) is 11.5 Å². The first-order chi connectivity index (χ1) is 14.6. The standard InChI is InChI=1S/C22H27N3O5/c1-27-18-12-16(13-19(28-2)22(18)29-3)4-5-21(26)24-15-17-6-7-23-20(14-17)25-8-10-30-11-9-25/h4-7,12-14H,8-11,15H2,1-3H3,(H,24,26)/b5-4+. The lowest BCUT2D eigenvalue weighted by Gasteiger charge is -2.28. The Morgan fingerprint density at radius 1 is 1.13 bits per heavy atom. The number of hydrogen-bond donors (Lipinski definition) is 1. The average molecular weight is 413 g/mol. The number of nitrogens with zero attached hydrogens (tertiary/aromatic N) is 2. The number of morpholine rings is 1. The minimum Gasteiger partial charge on any atom is -0.493 e. The van der Waals surface area contributed by atoms with Gasteiger partial charge in [-0.05, 0) is 41.5 Å². The molecule has 1 aromatic carbocycles. The molecule has 1 N–H and O–H groups in total. The summed E-state index contributed by atoms with van der Waals surface area (Å²) in [5, 5.41) is 2.90. The minimum absolute atomic E-state index is 0.200. The average Bonchev–Trinajstić information content (AvgIpc) is 2.81. The van der Waals surface area contributed by atoms with Crippen LogP contribution in [-0.4, -0.2) is 58.5 Å². The third-order valence-corrected chi connectivity index (χ3v) is 4.73. The molecule has 1 amide bonds. The summed E-state index contributed by atoms with van der Waals surface area (Å²) in [5.74, 6) is 2.27. The van der Waals surface area contributed by atoms with E-state index in [4.69, 9.17) is 18.9 Å². The summed E-state index contributed by atoms with van der Waals surface area (Å²) in [6.45, 7) is 3.46. The maximum absolute atomic E-state index is 12.3. The fraction of sp³-hybridized carbons (Fsp3) is 0.364. The van der Waals surface area contributed by atoms with Gasteiger partial charge in [-0.1, -0.05) is 0 Å². The first kappa shape index (κ1) is 21.4. The van der Waals surface area contributed by atoms with E-state index in [1.807, 2.05) is 12.1 Å². The van der Waals surface area contributed by atoms with Crippen LogP contribution in [0.4, 0.5) is 5.82 Å². The SMILES string of the molecule is COc1cc(/C=C/C(=O)NCc2ccnc(N3CCOCC3)c2)cc(OC)c1OC. The molecule has 0 atom stereocenters. The van der Waals surface area contributed by atoms with Gasteiger partial charge in [0.05, 0.1) is 34.5 Å². The molecule has 0 unspecified atom stereocenters. The van der Waals surface area contributed by atoms with Gasteiger partial charge in [-0.2, -0.15) is 0 Å². The Hall–Kier alpha value is -3.26. The van der Waals surface area contributed by atoms with Crippen molar-refractivity contribution >= 4 is 17.8 Å². The molecule has 2 heterocycles. The highest BCUT2D eigenvalue weighted by Crippen LogP contribution is 2.38. The number of hydrogen-bond acceptors (Lipinski definition) is 7. The molecule has 1 aliphatic heterocycles. The largest absolute Gasteiger partial charge is 0.493 e. The van der Waals surface area contributed by atoms with Gasteiger partial charge < -0.3 is 29.2 Å².